The van der Waals surface area contributed by atoms with E-state index in [1.165, 1.54) is 156 Å². The number of rotatable bonds is 2. The lowest BCUT2D eigenvalue weighted by atomic mass is 9.33. The van der Waals surface area contributed by atoms with Crippen LogP contribution in [0.4, 0.5) is 34.1 Å². The van der Waals surface area contributed by atoms with Crippen molar-refractivity contribution in [3.05, 3.63) is 292 Å². The van der Waals surface area contributed by atoms with Crippen LogP contribution in [0.15, 0.2) is 231 Å². The molecule has 11 aromatic rings. The fourth-order valence-corrected chi connectivity index (χ4v) is 16.4. The molecule has 0 saturated heterocycles. The summed E-state index contributed by atoms with van der Waals surface area (Å²) in [5.74, 6) is 0. The van der Waals surface area contributed by atoms with E-state index >= 15 is 0 Å². The van der Waals surface area contributed by atoms with Gasteiger partial charge in [-0.15, -0.1) is 0 Å². The van der Waals surface area contributed by atoms with Crippen LogP contribution < -0.4 is 26.2 Å². The lowest BCUT2D eigenvalue weighted by molar-refractivity contribution is 0.590. The van der Waals surface area contributed by atoms with Crippen LogP contribution in [-0.4, -0.2) is 6.71 Å². The first-order chi connectivity index (χ1) is 40.1. The molecule has 0 unspecified atom stereocenters. The van der Waals surface area contributed by atoms with Crippen molar-refractivity contribution >= 4 is 57.2 Å². The molecule has 0 radical (unpaired) electrons. The Morgan fingerprint density at radius 3 is 0.867 bits per heavy atom. The summed E-state index contributed by atoms with van der Waals surface area (Å²) in [7, 11) is 0. The van der Waals surface area contributed by atoms with Gasteiger partial charge in [0.2, 0.25) is 0 Å². The largest absolute Gasteiger partial charge is 0.311 e. The smallest absolute Gasteiger partial charge is 0.252 e. The third kappa shape index (κ3) is 6.25. The van der Waals surface area contributed by atoms with Crippen LogP contribution in [0.25, 0.3) is 44.5 Å². The molecule has 3 heteroatoms. The van der Waals surface area contributed by atoms with Gasteiger partial charge in [0, 0.05) is 34.1 Å². The van der Waals surface area contributed by atoms with Crippen LogP contribution in [0.2, 0.25) is 0 Å². The molecule has 2 aliphatic heterocycles. The molecule has 0 N–H and O–H groups in total. The number of nitrogens with zero attached hydrogens (tertiary/aromatic N) is 2. The number of anilines is 6. The molecule has 11 aromatic carbocycles. The summed E-state index contributed by atoms with van der Waals surface area (Å²) in [5, 5.41) is 0. The van der Waals surface area contributed by atoms with Gasteiger partial charge in [-0.3, -0.25) is 0 Å². The normalized spacial score (nSPS) is 15.4. The van der Waals surface area contributed by atoms with E-state index < -0.39 is 10.8 Å². The molecule has 0 fully saturated rings. The third-order valence-electron chi connectivity index (χ3n) is 20.1. The number of hydrogen-bond acceptors (Lipinski definition) is 2. The second kappa shape index (κ2) is 16.4. The first kappa shape index (κ1) is 48.8. The van der Waals surface area contributed by atoms with Gasteiger partial charge in [0.25, 0.3) is 6.71 Å². The van der Waals surface area contributed by atoms with Crippen LogP contribution in [0, 0.1) is 0 Å². The Morgan fingerprint density at radius 1 is 0.265 bits per heavy atom. The summed E-state index contributed by atoms with van der Waals surface area (Å²) >= 11 is 0. The van der Waals surface area contributed by atoms with E-state index in [0.29, 0.717) is 0 Å². The molecule has 0 atom stereocenters. The Labute approximate surface area is 489 Å². The predicted molar refractivity (Wildman–Crippen MR) is 349 cm³/mol. The number of fused-ring (bicyclic) bond motifs is 24. The van der Waals surface area contributed by atoms with E-state index in [2.05, 4.69) is 303 Å². The Morgan fingerprint density at radius 2 is 0.554 bits per heavy atom. The average molecular weight is 1070 g/mol. The molecule has 17 rings (SSSR count). The lowest BCUT2D eigenvalue weighted by Crippen LogP contribution is -2.61. The van der Waals surface area contributed by atoms with Crippen molar-refractivity contribution in [3.8, 4) is 44.5 Å². The summed E-state index contributed by atoms with van der Waals surface area (Å²) in [6.07, 6.45) is 0. The predicted octanol–water partition coefficient (Wildman–Crippen LogP) is 18.3. The van der Waals surface area contributed by atoms with Gasteiger partial charge in [-0.05, 0) is 187 Å². The highest BCUT2D eigenvalue weighted by molar-refractivity contribution is 7.00. The molecule has 6 aliphatic rings. The molecular weight excluding hydrogens is 1000 g/mol. The second-order valence-corrected chi connectivity index (χ2v) is 27.6. The summed E-state index contributed by atoms with van der Waals surface area (Å²) < 4.78 is 0. The van der Waals surface area contributed by atoms with Crippen molar-refractivity contribution < 1.29 is 0 Å². The van der Waals surface area contributed by atoms with Gasteiger partial charge < -0.3 is 9.80 Å². The van der Waals surface area contributed by atoms with Crippen LogP contribution in [0.5, 0.6) is 0 Å². The van der Waals surface area contributed by atoms with Crippen molar-refractivity contribution in [2.75, 3.05) is 9.80 Å². The zero-order valence-electron chi connectivity index (χ0n) is 48.9. The van der Waals surface area contributed by atoms with Gasteiger partial charge in [-0.25, -0.2) is 0 Å². The Bertz CT molecular complexity index is 4290. The van der Waals surface area contributed by atoms with Gasteiger partial charge in [0.15, 0.2) is 0 Å². The molecule has 83 heavy (non-hydrogen) atoms. The van der Waals surface area contributed by atoms with Crippen molar-refractivity contribution in [2.45, 2.75) is 89.4 Å². The fraction of sp³-hybridized carbons (Fsp3) is 0.175. The minimum Gasteiger partial charge on any atom is -0.311 e. The van der Waals surface area contributed by atoms with Crippen molar-refractivity contribution in [3.63, 3.8) is 0 Å². The van der Waals surface area contributed by atoms with E-state index in [0.717, 1.165) is 0 Å². The molecule has 0 saturated carbocycles. The zero-order chi connectivity index (χ0) is 56.3. The Kier molecular flexibility index (Phi) is 9.65. The standard InChI is InChI=1S/C80H65BN2/c1-76(2,3)48-34-40-71-69(42-48)81-70-43-49(77(4,5)6)35-41-72(70)83(52-37-39-68-60(47-52)58-27-15-21-33-66(58)80(68)63-30-18-12-24-55(63)56-25-13-19-31-64(56)80)74-45-50(78(7,8)9)44-73(75(74)81)82(71)51-36-38-67-59(46-51)57-26-14-20-32-65(57)79(67)61-28-16-10-22-53(61)54-23-11-17-29-62(54)79/h10-47H,1-9H3. The molecular formula is C80H65BN2. The van der Waals surface area contributed by atoms with Crippen molar-refractivity contribution in [1.82, 2.24) is 0 Å². The molecule has 0 bridgehead atoms. The minimum absolute atomic E-state index is 0.0362. The summed E-state index contributed by atoms with van der Waals surface area (Å²) in [6.45, 7) is 21.3. The van der Waals surface area contributed by atoms with Crippen molar-refractivity contribution in [2.24, 2.45) is 0 Å². The summed E-state index contributed by atoms with van der Waals surface area (Å²) in [6, 6.07) is 90.1. The van der Waals surface area contributed by atoms with Crippen LogP contribution in [-0.2, 0) is 27.1 Å². The van der Waals surface area contributed by atoms with E-state index in [4.69, 9.17) is 0 Å². The van der Waals surface area contributed by atoms with E-state index in [-0.39, 0.29) is 23.0 Å². The number of hydrogen-bond donors (Lipinski definition) is 0. The van der Waals surface area contributed by atoms with Crippen LogP contribution in [0.1, 0.15) is 124 Å². The Balaban J connectivity index is 0.942. The van der Waals surface area contributed by atoms with Gasteiger partial charge in [-0.2, -0.15) is 0 Å². The van der Waals surface area contributed by atoms with Gasteiger partial charge >= 0.3 is 0 Å². The monoisotopic (exact) mass is 1060 g/mol. The highest BCUT2D eigenvalue weighted by Crippen LogP contribution is 2.65. The fourth-order valence-electron chi connectivity index (χ4n) is 16.4. The van der Waals surface area contributed by atoms with Gasteiger partial charge in [0.1, 0.15) is 0 Å². The molecule has 4 aliphatic carbocycles. The topological polar surface area (TPSA) is 6.48 Å². The van der Waals surface area contributed by atoms with Crippen molar-refractivity contribution in [1.29, 1.82) is 0 Å². The number of benzene rings is 11. The maximum Gasteiger partial charge on any atom is 0.252 e. The van der Waals surface area contributed by atoms with Crippen LogP contribution in [0.3, 0.4) is 0 Å². The zero-order valence-corrected chi connectivity index (χ0v) is 48.9. The van der Waals surface area contributed by atoms with E-state index in [9.17, 15) is 0 Å². The van der Waals surface area contributed by atoms with Gasteiger partial charge in [-0.1, -0.05) is 244 Å². The first-order valence-electron chi connectivity index (χ1n) is 30.0. The third-order valence-corrected chi connectivity index (χ3v) is 20.1. The molecule has 0 aromatic heterocycles. The highest BCUT2D eigenvalue weighted by Gasteiger charge is 2.54. The second-order valence-electron chi connectivity index (χ2n) is 27.6. The molecule has 0 amide bonds. The van der Waals surface area contributed by atoms with Crippen LogP contribution >= 0.6 is 0 Å². The highest BCUT2D eigenvalue weighted by atomic mass is 15.2. The molecule has 398 valence electrons. The average Bonchev–Trinajstić information content (AvgIpc) is 2.43. The molecule has 2 spiro atoms. The molecule has 2 heterocycles. The van der Waals surface area contributed by atoms with Gasteiger partial charge in [0.05, 0.1) is 10.8 Å². The van der Waals surface area contributed by atoms with E-state index in [1.807, 2.05) is 0 Å². The summed E-state index contributed by atoms with van der Waals surface area (Å²) in [4.78, 5) is 5.32. The quantitative estimate of drug-likeness (QED) is 0.159. The van der Waals surface area contributed by atoms with E-state index in [1.54, 1.807) is 0 Å². The SMILES string of the molecule is CC(C)(C)c1ccc2c(c1)B1c3cc(C(C)(C)C)ccc3N(c3ccc4c(c3)-c3ccccc3C43c4ccccc4-c4ccccc43)c3cc(C(C)(C)C)cc(c31)N2c1ccc2c(c1)-c1ccccc1C21c2ccccc2-c2ccccc21. The maximum atomic E-state index is 2.66. The summed E-state index contributed by atoms with van der Waals surface area (Å²) in [5.41, 5.74) is 35.5. The first-order valence-corrected chi connectivity index (χ1v) is 30.0. The molecule has 2 nitrogen and oxygen atoms in total. The maximum absolute atomic E-state index is 2.66. The Hall–Kier alpha value is -8.92. The minimum atomic E-state index is -0.426. The lowest BCUT2D eigenvalue weighted by Gasteiger charge is -2.46.